The molecule has 0 aliphatic carbocycles. The van der Waals surface area contributed by atoms with E-state index < -0.39 is 0 Å². The third-order valence-corrected chi connectivity index (χ3v) is 4.31. The Kier molecular flexibility index (Phi) is 2.45. The zero-order valence-corrected chi connectivity index (χ0v) is 11.8. The Labute approximate surface area is 121 Å². The molecule has 3 aromatic carbocycles. The lowest BCUT2D eigenvalue weighted by atomic mass is 9.95. The topological polar surface area (TPSA) is 12.9 Å². The van der Waals surface area contributed by atoms with E-state index in [4.69, 9.17) is 11.6 Å². The van der Waals surface area contributed by atoms with Gasteiger partial charge in [-0.05, 0) is 51.6 Å². The van der Waals surface area contributed by atoms with Crippen LogP contribution in [0.1, 0.15) is 5.56 Å². The second-order valence-electron chi connectivity index (χ2n) is 5.08. The molecular formula is C18H12ClN. The molecule has 0 N–H and O–H groups in total. The number of rotatable bonds is 0. The van der Waals surface area contributed by atoms with Gasteiger partial charge in [0.05, 0.1) is 0 Å². The fourth-order valence-corrected chi connectivity index (χ4v) is 3.19. The Hall–Kier alpha value is -2.12. The molecule has 0 amide bonds. The molecule has 0 atom stereocenters. The quantitative estimate of drug-likeness (QED) is 0.235. The summed E-state index contributed by atoms with van der Waals surface area (Å²) in [5.74, 6) is 0. The van der Waals surface area contributed by atoms with Crippen LogP contribution in [0.25, 0.3) is 32.3 Å². The summed E-state index contributed by atoms with van der Waals surface area (Å²) < 4.78 is 0. The van der Waals surface area contributed by atoms with Crippen molar-refractivity contribution < 1.29 is 0 Å². The summed E-state index contributed by atoms with van der Waals surface area (Å²) in [4.78, 5) is 4.20. The van der Waals surface area contributed by atoms with Gasteiger partial charge < -0.3 is 0 Å². The maximum Gasteiger partial charge on any atom is 0.136 e. The van der Waals surface area contributed by atoms with Crippen LogP contribution >= 0.6 is 11.6 Å². The standard InChI is InChI=1S/C18H12ClN/c1-11-13-7-6-12-4-2-3-5-15(12)16(13)10-17-14(11)8-9-20-18(17)19/h2-10H,1H3. The summed E-state index contributed by atoms with van der Waals surface area (Å²) in [5.41, 5.74) is 1.26. The van der Waals surface area contributed by atoms with Gasteiger partial charge in [-0.15, -0.1) is 0 Å². The second-order valence-corrected chi connectivity index (χ2v) is 5.44. The van der Waals surface area contributed by atoms with E-state index in [-0.39, 0.29) is 0 Å². The van der Waals surface area contributed by atoms with Crippen molar-refractivity contribution in [1.82, 2.24) is 4.98 Å². The second kappa shape index (κ2) is 4.19. The minimum absolute atomic E-state index is 0.570. The van der Waals surface area contributed by atoms with Crippen LogP contribution in [0.5, 0.6) is 0 Å². The van der Waals surface area contributed by atoms with Crippen molar-refractivity contribution in [3.8, 4) is 0 Å². The molecule has 0 spiro atoms. The van der Waals surface area contributed by atoms with Gasteiger partial charge in [0.15, 0.2) is 0 Å². The average molecular weight is 278 g/mol. The number of aryl methyl sites for hydroxylation is 1. The highest BCUT2D eigenvalue weighted by atomic mass is 35.5. The maximum absolute atomic E-state index is 6.27. The summed E-state index contributed by atoms with van der Waals surface area (Å²) in [6.07, 6.45) is 1.77. The van der Waals surface area contributed by atoms with Crippen molar-refractivity contribution in [2.24, 2.45) is 0 Å². The summed E-state index contributed by atoms with van der Waals surface area (Å²) in [6, 6.07) is 17.0. The molecule has 4 aromatic rings. The van der Waals surface area contributed by atoms with Crippen LogP contribution in [-0.4, -0.2) is 4.98 Å². The first-order chi connectivity index (χ1) is 9.75. The highest BCUT2D eigenvalue weighted by molar-refractivity contribution is 6.35. The Balaban J connectivity index is 2.33. The van der Waals surface area contributed by atoms with Crippen LogP contribution in [0.2, 0.25) is 5.15 Å². The molecule has 0 saturated heterocycles. The fraction of sp³-hybridized carbons (Fsp3) is 0.0556. The molecule has 1 aromatic heterocycles. The third-order valence-electron chi connectivity index (χ3n) is 4.01. The van der Waals surface area contributed by atoms with Gasteiger partial charge in [-0.25, -0.2) is 4.98 Å². The predicted molar refractivity (Wildman–Crippen MR) is 86.5 cm³/mol. The summed E-state index contributed by atoms with van der Waals surface area (Å²) in [5, 5.41) is 7.79. The zero-order chi connectivity index (χ0) is 13.7. The lowest BCUT2D eigenvalue weighted by Gasteiger charge is -2.10. The first kappa shape index (κ1) is 11.7. The molecule has 0 unspecified atom stereocenters. The van der Waals surface area contributed by atoms with Crippen molar-refractivity contribution in [3.63, 3.8) is 0 Å². The van der Waals surface area contributed by atoms with E-state index in [1.165, 1.54) is 32.5 Å². The number of pyridine rings is 1. The number of benzene rings is 3. The number of halogens is 1. The summed E-state index contributed by atoms with van der Waals surface area (Å²) in [6.45, 7) is 2.15. The summed E-state index contributed by atoms with van der Waals surface area (Å²) >= 11 is 6.27. The molecule has 2 heteroatoms. The molecule has 20 heavy (non-hydrogen) atoms. The van der Waals surface area contributed by atoms with Crippen LogP contribution in [0.15, 0.2) is 54.7 Å². The Morgan fingerprint density at radius 1 is 0.800 bits per heavy atom. The SMILES string of the molecule is Cc1c2ccnc(Cl)c2cc2c1ccc1ccccc12. The third kappa shape index (κ3) is 1.53. The zero-order valence-electron chi connectivity index (χ0n) is 11.0. The molecule has 0 fully saturated rings. The van der Waals surface area contributed by atoms with E-state index in [1.54, 1.807) is 6.20 Å². The van der Waals surface area contributed by atoms with Gasteiger partial charge in [0.25, 0.3) is 0 Å². The predicted octanol–water partition coefficient (Wildman–Crippen LogP) is 5.50. The van der Waals surface area contributed by atoms with Gasteiger partial charge in [-0.2, -0.15) is 0 Å². The van der Waals surface area contributed by atoms with Gasteiger partial charge in [-0.3, -0.25) is 0 Å². The van der Waals surface area contributed by atoms with E-state index in [0.29, 0.717) is 5.15 Å². The van der Waals surface area contributed by atoms with Crippen LogP contribution in [-0.2, 0) is 0 Å². The molecule has 0 aliphatic heterocycles. The molecule has 96 valence electrons. The van der Waals surface area contributed by atoms with Crippen LogP contribution in [0, 0.1) is 6.92 Å². The fourth-order valence-electron chi connectivity index (χ4n) is 2.98. The Morgan fingerprint density at radius 3 is 2.50 bits per heavy atom. The van der Waals surface area contributed by atoms with E-state index in [1.807, 2.05) is 6.07 Å². The first-order valence-corrected chi connectivity index (χ1v) is 6.99. The van der Waals surface area contributed by atoms with Gasteiger partial charge in [0.1, 0.15) is 5.15 Å². The van der Waals surface area contributed by atoms with Crippen molar-refractivity contribution in [3.05, 3.63) is 65.4 Å². The average Bonchev–Trinajstić information content (AvgIpc) is 2.48. The van der Waals surface area contributed by atoms with Crippen molar-refractivity contribution in [2.75, 3.05) is 0 Å². The number of nitrogens with zero attached hydrogens (tertiary/aromatic N) is 1. The Morgan fingerprint density at radius 2 is 1.60 bits per heavy atom. The largest absolute Gasteiger partial charge is 0.244 e. The highest BCUT2D eigenvalue weighted by Gasteiger charge is 2.09. The highest BCUT2D eigenvalue weighted by Crippen LogP contribution is 2.34. The van der Waals surface area contributed by atoms with E-state index >= 15 is 0 Å². The molecule has 0 bridgehead atoms. The van der Waals surface area contributed by atoms with Crippen LogP contribution < -0.4 is 0 Å². The van der Waals surface area contributed by atoms with Gasteiger partial charge in [0.2, 0.25) is 0 Å². The molecule has 0 radical (unpaired) electrons. The van der Waals surface area contributed by atoms with Gasteiger partial charge in [0, 0.05) is 11.6 Å². The number of hydrogen-bond acceptors (Lipinski definition) is 1. The maximum atomic E-state index is 6.27. The number of aromatic nitrogens is 1. The molecule has 1 heterocycles. The van der Waals surface area contributed by atoms with Crippen LogP contribution in [0.3, 0.4) is 0 Å². The number of fused-ring (bicyclic) bond motifs is 4. The summed E-state index contributed by atoms with van der Waals surface area (Å²) in [7, 11) is 0. The molecule has 0 aliphatic rings. The molecule has 1 nitrogen and oxygen atoms in total. The molecule has 0 saturated carbocycles. The Bertz CT molecular complexity index is 973. The van der Waals surface area contributed by atoms with Crippen molar-refractivity contribution >= 4 is 43.9 Å². The smallest absolute Gasteiger partial charge is 0.136 e. The minimum Gasteiger partial charge on any atom is -0.244 e. The number of hydrogen-bond donors (Lipinski definition) is 0. The lowest BCUT2D eigenvalue weighted by Crippen LogP contribution is -1.87. The van der Waals surface area contributed by atoms with Crippen molar-refractivity contribution in [2.45, 2.75) is 6.92 Å². The molecular weight excluding hydrogens is 266 g/mol. The van der Waals surface area contributed by atoms with Gasteiger partial charge >= 0.3 is 0 Å². The molecule has 4 rings (SSSR count). The van der Waals surface area contributed by atoms with Crippen LogP contribution in [0.4, 0.5) is 0 Å². The monoisotopic (exact) mass is 277 g/mol. The first-order valence-electron chi connectivity index (χ1n) is 6.61. The minimum atomic E-state index is 0.570. The lowest BCUT2D eigenvalue weighted by molar-refractivity contribution is 1.36. The van der Waals surface area contributed by atoms with E-state index in [0.717, 1.165) is 5.39 Å². The van der Waals surface area contributed by atoms with Crippen molar-refractivity contribution in [1.29, 1.82) is 0 Å². The van der Waals surface area contributed by atoms with E-state index in [9.17, 15) is 0 Å². The van der Waals surface area contributed by atoms with E-state index in [2.05, 4.69) is 54.4 Å². The normalized spacial score (nSPS) is 11.5. The van der Waals surface area contributed by atoms with Gasteiger partial charge in [-0.1, -0.05) is 48.0 Å².